The lowest BCUT2D eigenvalue weighted by Gasteiger charge is -2.13. The summed E-state index contributed by atoms with van der Waals surface area (Å²) in [5, 5.41) is 0. The molecule has 1 aromatic heterocycles. The van der Waals surface area contributed by atoms with E-state index in [2.05, 4.69) is 16.9 Å². The maximum absolute atomic E-state index is 5.88. The number of aromatic nitrogens is 1. The van der Waals surface area contributed by atoms with Gasteiger partial charge in [0.05, 0.1) is 13.2 Å². The zero-order valence-electron chi connectivity index (χ0n) is 12.5. The summed E-state index contributed by atoms with van der Waals surface area (Å²) in [6.07, 6.45) is 2.58. The molecule has 0 radical (unpaired) electrons. The molecular weight excluding hydrogens is 280 g/mol. The van der Waals surface area contributed by atoms with E-state index in [1.165, 1.54) is 0 Å². The van der Waals surface area contributed by atoms with Crippen molar-refractivity contribution in [2.75, 3.05) is 6.61 Å². The van der Waals surface area contributed by atoms with Gasteiger partial charge < -0.3 is 20.9 Å². The van der Waals surface area contributed by atoms with Crippen LogP contribution in [0.4, 0.5) is 0 Å². The zero-order valence-corrected chi connectivity index (χ0v) is 12.5. The molecule has 22 heavy (non-hydrogen) atoms. The number of para-hydroxylation sites is 2. The first-order chi connectivity index (χ1) is 10.7. The minimum absolute atomic E-state index is 0.0292. The number of pyridine rings is 1. The molecule has 116 valence electrons. The molecule has 2 aromatic rings. The van der Waals surface area contributed by atoms with Gasteiger partial charge in [-0.2, -0.15) is 0 Å². The van der Waals surface area contributed by atoms with Crippen LogP contribution in [0.25, 0.3) is 0 Å². The summed E-state index contributed by atoms with van der Waals surface area (Å²) in [6, 6.07) is 11.2. The molecule has 1 aromatic carbocycles. The fourth-order valence-electron chi connectivity index (χ4n) is 1.78. The quantitative estimate of drug-likeness (QED) is 0.605. The molecule has 0 saturated heterocycles. The minimum atomic E-state index is 0.0292. The van der Waals surface area contributed by atoms with Crippen molar-refractivity contribution < 1.29 is 9.47 Å². The van der Waals surface area contributed by atoms with Gasteiger partial charge in [-0.3, -0.25) is 0 Å². The number of rotatable bonds is 7. The van der Waals surface area contributed by atoms with Crippen LogP contribution in [0.15, 0.2) is 47.6 Å². The van der Waals surface area contributed by atoms with E-state index < -0.39 is 0 Å². The second-order valence-electron chi connectivity index (χ2n) is 4.61. The molecule has 0 aliphatic rings. The van der Waals surface area contributed by atoms with Crippen molar-refractivity contribution in [2.24, 2.45) is 16.5 Å². The summed E-state index contributed by atoms with van der Waals surface area (Å²) in [5.74, 6) is 1.78. The summed E-state index contributed by atoms with van der Waals surface area (Å²) in [5.41, 5.74) is 11.5. The largest absolute Gasteiger partial charge is 0.490 e. The highest BCUT2D eigenvalue weighted by Crippen LogP contribution is 2.32. The standard InChI is InChI=1S/C16H20N4O2/c1-2-10-21-13-7-3-4-8-14(13)22-15-12(6-5-9-19-15)11-20-16(17)18/h3-9H,2,10-11H2,1H3,(H4,17,18,20). The molecule has 6 nitrogen and oxygen atoms in total. The maximum Gasteiger partial charge on any atom is 0.224 e. The highest BCUT2D eigenvalue weighted by Gasteiger charge is 2.10. The molecule has 0 atom stereocenters. The first kappa shape index (κ1) is 15.6. The van der Waals surface area contributed by atoms with Crippen molar-refractivity contribution in [1.29, 1.82) is 0 Å². The molecule has 0 aliphatic heterocycles. The van der Waals surface area contributed by atoms with E-state index in [4.69, 9.17) is 20.9 Å². The minimum Gasteiger partial charge on any atom is -0.490 e. The van der Waals surface area contributed by atoms with E-state index in [1.807, 2.05) is 36.4 Å². The van der Waals surface area contributed by atoms with Gasteiger partial charge in [0.25, 0.3) is 0 Å². The monoisotopic (exact) mass is 300 g/mol. The van der Waals surface area contributed by atoms with Crippen molar-refractivity contribution in [3.05, 3.63) is 48.2 Å². The Kier molecular flexibility index (Phi) is 5.59. The Bertz CT molecular complexity index is 640. The predicted molar refractivity (Wildman–Crippen MR) is 86.1 cm³/mol. The molecule has 0 amide bonds. The van der Waals surface area contributed by atoms with Gasteiger partial charge in [-0.25, -0.2) is 9.98 Å². The summed E-state index contributed by atoms with van der Waals surface area (Å²) < 4.78 is 11.6. The molecule has 0 unspecified atom stereocenters. The van der Waals surface area contributed by atoms with E-state index in [-0.39, 0.29) is 5.96 Å². The third-order valence-corrected chi connectivity index (χ3v) is 2.80. The highest BCUT2D eigenvalue weighted by molar-refractivity contribution is 5.75. The van der Waals surface area contributed by atoms with Gasteiger partial charge in [0.2, 0.25) is 5.88 Å². The molecule has 0 aliphatic carbocycles. The summed E-state index contributed by atoms with van der Waals surface area (Å²) in [7, 11) is 0. The average Bonchev–Trinajstić information content (AvgIpc) is 2.53. The Morgan fingerprint density at radius 3 is 2.64 bits per heavy atom. The molecule has 1 heterocycles. The third kappa shape index (κ3) is 4.37. The number of ether oxygens (including phenoxy) is 2. The van der Waals surface area contributed by atoms with E-state index >= 15 is 0 Å². The molecule has 0 spiro atoms. The van der Waals surface area contributed by atoms with E-state index in [0.29, 0.717) is 30.5 Å². The van der Waals surface area contributed by atoms with Crippen molar-refractivity contribution in [2.45, 2.75) is 19.9 Å². The van der Waals surface area contributed by atoms with E-state index in [1.54, 1.807) is 6.20 Å². The normalized spacial score (nSPS) is 10.0. The van der Waals surface area contributed by atoms with Gasteiger partial charge >= 0.3 is 0 Å². The van der Waals surface area contributed by atoms with Gasteiger partial charge in [0, 0.05) is 11.8 Å². The van der Waals surface area contributed by atoms with Crippen LogP contribution in [0, 0.1) is 0 Å². The molecular formula is C16H20N4O2. The van der Waals surface area contributed by atoms with Gasteiger partial charge in [-0.05, 0) is 24.6 Å². The Morgan fingerprint density at radius 1 is 1.14 bits per heavy atom. The van der Waals surface area contributed by atoms with Gasteiger partial charge in [-0.15, -0.1) is 0 Å². The lowest BCUT2D eigenvalue weighted by atomic mass is 10.2. The highest BCUT2D eigenvalue weighted by atomic mass is 16.5. The molecule has 4 N–H and O–H groups in total. The van der Waals surface area contributed by atoms with Crippen molar-refractivity contribution >= 4 is 5.96 Å². The Hall–Kier alpha value is -2.76. The number of benzene rings is 1. The van der Waals surface area contributed by atoms with Crippen LogP contribution in [0.2, 0.25) is 0 Å². The fraction of sp³-hybridized carbons (Fsp3) is 0.250. The number of guanidine groups is 1. The van der Waals surface area contributed by atoms with Crippen LogP contribution in [0.3, 0.4) is 0 Å². The Morgan fingerprint density at radius 2 is 1.91 bits per heavy atom. The van der Waals surface area contributed by atoms with Gasteiger partial charge in [-0.1, -0.05) is 25.1 Å². The van der Waals surface area contributed by atoms with Crippen LogP contribution in [-0.4, -0.2) is 17.6 Å². The zero-order chi connectivity index (χ0) is 15.8. The lowest BCUT2D eigenvalue weighted by Crippen LogP contribution is -2.22. The molecule has 0 saturated carbocycles. The number of hydrogen-bond acceptors (Lipinski definition) is 4. The predicted octanol–water partition coefficient (Wildman–Crippen LogP) is 2.44. The smallest absolute Gasteiger partial charge is 0.224 e. The van der Waals surface area contributed by atoms with Crippen LogP contribution in [0.1, 0.15) is 18.9 Å². The average molecular weight is 300 g/mol. The lowest BCUT2D eigenvalue weighted by molar-refractivity contribution is 0.300. The molecule has 2 rings (SSSR count). The first-order valence-electron chi connectivity index (χ1n) is 7.09. The number of aliphatic imine (C=N–C) groups is 1. The van der Waals surface area contributed by atoms with E-state index in [0.717, 1.165) is 12.0 Å². The Balaban J connectivity index is 2.22. The van der Waals surface area contributed by atoms with Crippen LogP contribution >= 0.6 is 0 Å². The first-order valence-corrected chi connectivity index (χ1v) is 7.09. The third-order valence-electron chi connectivity index (χ3n) is 2.80. The number of hydrogen-bond donors (Lipinski definition) is 2. The van der Waals surface area contributed by atoms with Crippen LogP contribution in [0.5, 0.6) is 17.4 Å². The van der Waals surface area contributed by atoms with Gasteiger partial charge in [0.1, 0.15) is 0 Å². The molecule has 0 bridgehead atoms. The van der Waals surface area contributed by atoms with Crippen molar-refractivity contribution in [3.63, 3.8) is 0 Å². The van der Waals surface area contributed by atoms with E-state index in [9.17, 15) is 0 Å². The van der Waals surface area contributed by atoms with Crippen molar-refractivity contribution in [1.82, 2.24) is 4.98 Å². The summed E-state index contributed by atoms with van der Waals surface area (Å²) in [6.45, 7) is 2.99. The summed E-state index contributed by atoms with van der Waals surface area (Å²) >= 11 is 0. The number of nitrogens with zero attached hydrogens (tertiary/aromatic N) is 2. The Labute approximate surface area is 129 Å². The number of nitrogens with two attached hydrogens (primary N) is 2. The molecule has 6 heteroatoms. The van der Waals surface area contributed by atoms with Crippen LogP contribution in [-0.2, 0) is 6.54 Å². The summed E-state index contributed by atoms with van der Waals surface area (Å²) in [4.78, 5) is 8.23. The second kappa shape index (κ2) is 7.87. The fourth-order valence-corrected chi connectivity index (χ4v) is 1.78. The second-order valence-corrected chi connectivity index (χ2v) is 4.61. The van der Waals surface area contributed by atoms with Crippen molar-refractivity contribution in [3.8, 4) is 17.4 Å². The van der Waals surface area contributed by atoms with Crippen LogP contribution < -0.4 is 20.9 Å². The molecule has 0 fully saturated rings. The maximum atomic E-state index is 5.88. The SMILES string of the molecule is CCCOc1ccccc1Oc1ncccc1CN=C(N)N. The topological polar surface area (TPSA) is 95.8 Å². The van der Waals surface area contributed by atoms with Gasteiger partial charge in [0.15, 0.2) is 17.5 Å².